The van der Waals surface area contributed by atoms with E-state index in [0.29, 0.717) is 21.5 Å². The number of para-hydroxylation sites is 1. The Labute approximate surface area is 137 Å². The van der Waals surface area contributed by atoms with Crippen molar-refractivity contribution in [2.45, 2.75) is 6.54 Å². The summed E-state index contributed by atoms with van der Waals surface area (Å²) in [6.45, 7) is 0.225. The van der Waals surface area contributed by atoms with Crippen LogP contribution in [0.1, 0.15) is 5.76 Å². The summed E-state index contributed by atoms with van der Waals surface area (Å²) in [6.07, 6.45) is 1.54. The summed E-state index contributed by atoms with van der Waals surface area (Å²) in [5.74, 6) is 0.566. The molecule has 2 amide bonds. The van der Waals surface area contributed by atoms with Gasteiger partial charge in [-0.1, -0.05) is 29.3 Å². The third kappa shape index (κ3) is 3.72. The van der Waals surface area contributed by atoms with Crippen LogP contribution in [0.25, 0.3) is 0 Å². The summed E-state index contributed by atoms with van der Waals surface area (Å²) in [4.78, 5) is 16.7. The van der Waals surface area contributed by atoms with Gasteiger partial charge in [-0.2, -0.15) is 4.99 Å². The first-order chi connectivity index (χ1) is 10.5. The van der Waals surface area contributed by atoms with Crippen molar-refractivity contribution < 1.29 is 9.21 Å². The molecular formula is C14H14Cl2N4O2. The number of carbonyl (C=O) groups is 1. The minimum atomic E-state index is -0.579. The Kier molecular flexibility index (Phi) is 5.30. The summed E-state index contributed by atoms with van der Waals surface area (Å²) in [7, 11) is 1.46. The molecule has 22 heavy (non-hydrogen) atoms. The molecule has 0 aliphatic heterocycles. The topological polar surface area (TPSA) is 83.9 Å². The van der Waals surface area contributed by atoms with Crippen LogP contribution in [0.5, 0.6) is 0 Å². The summed E-state index contributed by atoms with van der Waals surface area (Å²) in [5.41, 5.74) is 6.39. The number of amides is 2. The van der Waals surface area contributed by atoms with Gasteiger partial charge < -0.3 is 20.4 Å². The fourth-order valence-electron chi connectivity index (χ4n) is 1.80. The van der Waals surface area contributed by atoms with E-state index < -0.39 is 6.03 Å². The zero-order valence-electron chi connectivity index (χ0n) is 11.7. The molecule has 2 rings (SSSR count). The average Bonchev–Trinajstić information content (AvgIpc) is 2.98. The average molecular weight is 341 g/mol. The van der Waals surface area contributed by atoms with Gasteiger partial charge in [0.05, 0.1) is 28.5 Å². The van der Waals surface area contributed by atoms with E-state index in [-0.39, 0.29) is 12.5 Å². The second-order valence-corrected chi connectivity index (χ2v) is 5.08. The standard InChI is InChI=1S/C14H14Cl2N4O2/c1-18-14(21)19-13(17)20(8-9-4-3-7-22-9)12-10(15)5-2-6-11(12)16/h2-7H,8H2,1H3,(H3,17,18,19,21). The normalized spacial score (nSPS) is 11.3. The lowest BCUT2D eigenvalue weighted by molar-refractivity contribution is 0.251. The van der Waals surface area contributed by atoms with Crippen molar-refractivity contribution in [1.82, 2.24) is 5.32 Å². The van der Waals surface area contributed by atoms with Gasteiger partial charge in [0.25, 0.3) is 0 Å². The van der Waals surface area contributed by atoms with Gasteiger partial charge in [0.2, 0.25) is 5.96 Å². The van der Waals surface area contributed by atoms with Gasteiger partial charge in [-0.3, -0.25) is 0 Å². The highest BCUT2D eigenvalue weighted by molar-refractivity contribution is 6.40. The highest BCUT2D eigenvalue weighted by Gasteiger charge is 2.20. The number of rotatable bonds is 3. The molecule has 0 aliphatic rings. The smallest absolute Gasteiger partial charge is 0.343 e. The van der Waals surface area contributed by atoms with Crippen molar-refractivity contribution in [3.8, 4) is 0 Å². The summed E-state index contributed by atoms with van der Waals surface area (Å²) < 4.78 is 5.31. The maximum absolute atomic E-state index is 11.4. The van der Waals surface area contributed by atoms with Crippen molar-refractivity contribution in [2.24, 2.45) is 10.7 Å². The Hall–Kier alpha value is -2.18. The number of anilines is 1. The van der Waals surface area contributed by atoms with E-state index in [0.717, 1.165) is 0 Å². The Morgan fingerprint density at radius 2 is 2.00 bits per heavy atom. The van der Waals surface area contributed by atoms with Gasteiger partial charge >= 0.3 is 6.03 Å². The van der Waals surface area contributed by atoms with Crippen LogP contribution in [0.3, 0.4) is 0 Å². The number of carbonyl (C=O) groups excluding carboxylic acids is 1. The van der Waals surface area contributed by atoms with E-state index in [4.69, 9.17) is 33.4 Å². The summed E-state index contributed by atoms with van der Waals surface area (Å²) in [6, 6.07) is 7.99. The monoisotopic (exact) mass is 340 g/mol. The molecule has 0 spiro atoms. The second kappa shape index (κ2) is 7.20. The molecule has 0 bridgehead atoms. The number of halogens is 2. The fourth-order valence-corrected chi connectivity index (χ4v) is 2.40. The predicted octanol–water partition coefficient (Wildman–Crippen LogP) is 3.25. The number of nitrogens with two attached hydrogens (primary N) is 1. The lowest BCUT2D eigenvalue weighted by Gasteiger charge is -2.24. The third-order valence-corrected chi connectivity index (χ3v) is 3.42. The summed E-state index contributed by atoms with van der Waals surface area (Å²) >= 11 is 12.4. The van der Waals surface area contributed by atoms with Crippen molar-refractivity contribution >= 4 is 40.9 Å². The molecule has 3 N–H and O–H groups in total. The molecule has 0 radical (unpaired) electrons. The van der Waals surface area contributed by atoms with E-state index >= 15 is 0 Å². The van der Waals surface area contributed by atoms with Crippen LogP contribution >= 0.6 is 23.2 Å². The zero-order chi connectivity index (χ0) is 16.1. The molecule has 0 saturated heterocycles. The number of benzene rings is 1. The van der Waals surface area contributed by atoms with Gasteiger partial charge in [-0.15, -0.1) is 0 Å². The summed E-state index contributed by atoms with van der Waals surface area (Å²) in [5, 5.41) is 3.13. The van der Waals surface area contributed by atoms with E-state index in [2.05, 4.69) is 10.3 Å². The predicted molar refractivity (Wildman–Crippen MR) is 87.4 cm³/mol. The van der Waals surface area contributed by atoms with Gasteiger partial charge in [0, 0.05) is 7.05 Å². The molecule has 2 aromatic rings. The van der Waals surface area contributed by atoms with Crippen LogP contribution in [0, 0.1) is 0 Å². The Balaban J connectivity index is 2.45. The maximum Gasteiger partial charge on any atom is 0.343 e. The molecule has 1 aromatic carbocycles. The van der Waals surface area contributed by atoms with E-state index in [1.807, 2.05) is 0 Å². The molecule has 8 heteroatoms. The Morgan fingerprint density at radius 1 is 1.32 bits per heavy atom. The van der Waals surface area contributed by atoms with Crippen LogP contribution in [0.15, 0.2) is 46.0 Å². The van der Waals surface area contributed by atoms with Crippen molar-refractivity contribution in [1.29, 1.82) is 0 Å². The molecule has 0 aliphatic carbocycles. The number of nitrogens with zero attached hydrogens (tertiary/aromatic N) is 2. The highest BCUT2D eigenvalue weighted by Crippen LogP contribution is 2.34. The van der Waals surface area contributed by atoms with Crippen LogP contribution in [-0.2, 0) is 6.54 Å². The lowest BCUT2D eigenvalue weighted by atomic mass is 10.2. The minimum Gasteiger partial charge on any atom is -0.467 e. The van der Waals surface area contributed by atoms with E-state index in [1.165, 1.54) is 18.2 Å². The minimum absolute atomic E-state index is 0.0502. The maximum atomic E-state index is 11.4. The Bertz CT molecular complexity index is 666. The number of aliphatic imine (C=N–C) groups is 1. The highest BCUT2D eigenvalue weighted by atomic mass is 35.5. The number of furan rings is 1. The van der Waals surface area contributed by atoms with Crippen molar-refractivity contribution in [3.05, 3.63) is 52.4 Å². The molecule has 0 saturated carbocycles. The molecule has 0 atom stereocenters. The molecule has 1 aromatic heterocycles. The molecule has 116 valence electrons. The largest absolute Gasteiger partial charge is 0.467 e. The third-order valence-electron chi connectivity index (χ3n) is 2.81. The van der Waals surface area contributed by atoms with Crippen LogP contribution < -0.4 is 16.0 Å². The number of hydrogen-bond acceptors (Lipinski definition) is 2. The molecule has 1 heterocycles. The van der Waals surface area contributed by atoms with Crippen molar-refractivity contribution in [2.75, 3.05) is 11.9 Å². The number of hydrogen-bond donors (Lipinski definition) is 2. The molecular weight excluding hydrogens is 327 g/mol. The molecule has 0 unspecified atom stereocenters. The Morgan fingerprint density at radius 3 is 2.55 bits per heavy atom. The fraction of sp³-hybridized carbons (Fsp3) is 0.143. The van der Waals surface area contributed by atoms with Crippen LogP contribution in [0.4, 0.5) is 10.5 Å². The van der Waals surface area contributed by atoms with E-state index in [9.17, 15) is 4.79 Å². The first-order valence-corrected chi connectivity index (χ1v) is 7.08. The van der Waals surface area contributed by atoms with Crippen LogP contribution in [-0.4, -0.2) is 19.0 Å². The molecule has 0 fully saturated rings. The first kappa shape index (κ1) is 16.2. The van der Waals surface area contributed by atoms with Gasteiger partial charge in [-0.05, 0) is 24.3 Å². The van der Waals surface area contributed by atoms with Crippen LogP contribution in [0.2, 0.25) is 10.0 Å². The quantitative estimate of drug-likeness (QED) is 0.663. The van der Waals surface area contributed by atoms with Crippen molar-refractivity contribution in [3.63, 3.8) is 0 Å². The zero-order valence-corrected chi connectivity index (χ0v) is 13.2. The number of nitrogens with one attached hydrogen (secondary N) is 1. The van der Waals surface area contributed by atoms with Gasteiger partial charge in [0.15, 0.2) is 0 Å². The SMILES string of the molecule is CNC(=O)N=C(N)N(Cc1ccco1)c1c(Cl)cccc1Cl. The van der Waals surface area contributed by atoms with Gasteiger partial charge in [-0.25, -0.2) is 4.79 Å². The molecule has 6 nitrogen and oxygen atoms in total. The number of urea groups is 1. The van der Waals surface area contributed by atoms with Gasteiger partial charge in [0.1, 0.15) is 5.76 Å². The first-order valence-electron chi connectivity index (χ1n) is 6.32. The second-order valence-electron chi connectivity index (χ2n) is 4.26. The van der Waals surface area contributed by atoms with E-state index in [1.54, 1.807) is 30.3 Å². The number of guanidine groups is 1. The lowest BCUT2D eigenvalue weighted by Crippen LogP contribution is -2.38.